The molecule has 0 aliphatic rings. The number of benzene rings is 2. The van der Waals surface area contributed by atoms with Crippen LogP contribution in [0.4, 0.5) is 5.69 Å². The lowest BCUT2D eigenvalue weighted by Crippen LogP contribution is -2.35. The van der Waals surface area contributed by atoms with Crippen LogP contribution in [0.15, 0.2) is 71.3 Å². The zero-order chi connectivity index (χ0) is 22.7. The van der Waals surface area contributed by atoms with Gasteiger partial charge in [-0.3, -0.25) is 9.59 Å². The van der Waals surface area contributed by atoms with Gasteiger partial charge < -0.3 is 14.6 Å². The van der Waals surface area contributed by atoms with Gasteiger partial charge in [0.2, 0.25) is 5.91 Å². The van der Waals surface area contributed by atoms with Gasteiger partial charge in [-0.15, -0.1) is 11.3 Å². The van der Waals surface area contributed by atoms with Crippen LogP contribution >= 0.6 is 11.3 Å². The number of aryl methyl sites for hydroxylation is 1. The number of furan rings is 1. The lowest BCUT2D eigenvalue weighted by atomic mass is 10.1. The number of anilines is 1. The number of carbonyl (C=O) groups is 2. The third kappa shape index (κ3) is 4.48. The molecule has 4 rings (SSSR count). The third-order valence-corrected chi connectivity index (χ3v) is 6.26. The standard InChI is InChI=1S/C25H23N3O3S/c1-16-9-7-12-19(17(16)2)26-21(29)15-28(3)25(30)23-22(18-10-5-4-6-11-18)27-24(32-23)20-13-8-14-31-20/h4-14H,15H2,1-3H3,(H,26,29). The Morgan fingerprint density at radius 3 is 2.53 bits per heavy atom. The molecule has 0 aliphatic carbocycles. The highest BCUT2D eigenvalue weighted by Gasteiger charge is 2.25. The maximum Gasteiger partial charge on any atom is 0.266 e. The molecule has 6 nitrogen and oxygen atoms in total. The molecule has 0 aliphatic heterocycles. The summed E-state index contributed by atoms with van der Waals surface area (Å²) in [5.74, 6) is 0.0726. The predicted octanol–water partition coefficient (Wildman–Crippen LogP) is 5.40. The number of amides is 2. The summed E-state index contributed by atoms with van der Waals surface area (Å²) in [6.45, 7) is 3.88. The molecule has 2 amide bonds. The summed E-state index contributed by atoms with van der Waals surface area (Å²) >= 11 is 1.26. The highest BCUT2D eigenvalue weighted by Crippen LogP contribution is 2.34. The minimum absolute atomic E-state index is 0.0750. The fraction of sp³-hybridized carbons (Fsp3) is 0.160. The van der Waals surface area contributed by atoms with Crippen LogP contribution in [-0.2, 0) is 4.79 Å². The minimum atomic E-state index is -0.268. The zero-order valence-corrected chi connectivity index (χ0v) is 18.9. The van der Waals surface area contributed by atoms with Crippen LogP contribution in [0.1, 0.15) is 20.8 Å². The normalized spacial score (nSPS) is 10.7. The molecule has 0 saturated heterocycles. The van der Waals surface area contributed by atoms with E-state index >= 15 is 0 Å². The molecule has 0 saturated carbocycles. The number of aromatic nitrogens is 1. The van der Waals surface area contributed by atoms with Crippen molar-refractivity contribution in [1.82, 2.24) is 9.88 Å². The van der Waals surface area contributed by atoms with E-state index in [4.69, 9.17) is 4.42 Å². The van der Waals surface area contributed by atoms with Crippen LogP contribution in [0.5, 0.6) is 0 Å². The highest BCUT2D eigenvalue weighted by molar-refractivity contribution is 7.17. The summed E-state index contributed by atoms with van der Waals surface area (Å²) in [6, 6.07) is 18.9. The van der Waals surface area contributed by atoms with Crippen LogP contribution in [0.25, 0.3) is 22.0 Å². The van der Waals surface area contributed by atoms with E-state index in [-0.39, 0.29) is 18.4 Å². The molecular formula is C25H23N3O3S. The van der Waals surface area contributed by atoms with Gasteiger partial charge in [0.15, 0.2) is 10.8 Å². The van der Waals surface area contributed by atoms with Crippen LogP contribution in [0.3, 0.4) is 0 Å². The second-order valence-electron chi connectivity index (χ2n) is 7.50. The molecule has 2 aromatic heterocycles. The van der Waals surface area contributed by atoms with Crippen molar-refractivity contribution in [2.45, 2.75) is 13.8 Å². The van der Waals surface area contributed by atoms with Crippen molar-refractivity contribution >= 4 is 28.8 Å². The molecule has 0 atom stereocenters. The number of likely N-dealkylation sites (N-methyl/N-ethyl adjacent to an activating group) is 1. The van der Waals surface area contributed by atoms with E-state index < -0.39 is 0 Å². The van der Waals surface area contributed by atoms with Crippen LogP contribution in [-0.4, -0.2) is 35.3 Å². The number of hydrogen-bond acceptors (Lipinski definition) is 5. The summed E-state index contributed by atoms with van der Waals surface area (Å²) in [4.78, 5) is 32.5. The SMILES string of the molecule is Cc1cccc(NC(=O)CN(C)C(=O)c2sc(-c3ccco3)nc2-c2ccccc2)c1C. The van der Waals surface area contributed by atoms with Crippen molar-refractivity contribution in [3.05, 3.63) is 82.9 Å². The van der Waals surface area contributed by atoms with Crippen molar-refractivity contribution in [2.24, 2.45) is 0 Å². The molecule has 7 heteroatoms. The van der Waals surface area contributed by atoms with E-state index in [2.05, 4.69) is 10.3 Å². The number of thiazole rings is 1. The molecule has 162 valence electrons. The Hall–Kier alpha value is -3.71. The first kappa shape index (κ1) is 21.5. The number of rotatable bonds is 6. The average molecular weight is 446 g/mol. The van der Waals surface area contributed by atoms with E-state index in [0.717, 1.165) is 22.4 Å². The average Bonchev–Trinajstić information content (AvgIpc) is 3.47. The lowest BCUT2D eigenvalue weighted by Gasteiger charge is -2.17. The molecular weight excluding hydrogens is 422 g/mol. The Bertz CT molecular complexity index is 1250. The van der Waals surface area contributed by atoms with E-state index in [1.165, 1.54) is 16.2 Å². The molecule has 4 aromatic rings. The molecule has 0 unspecified atom stereocenters. The van der Waals surface area contributed by atoms with Gasteiger partial charge in [0, 0.05) is 18.3 Å². The fourth-order valence-corrected chi connectivity index (χ4v) is 4.35. The number of carbonyl (C=O) groups excluding carboxylic acids is 2. The number of hydrogen-bond donors (Lipinski definition) is 1. The fourth-order valence-electron chi connectivity index (χ4n) is 3.30. The maximum atomic E-state index is 13.3. The quantitative estimate of drug-likeness (QED) is 0.431. The highest BCUT2D eigenvalue weighted by atomic mass is 32.1. The summed E-state index contributed by atoms with van der Waals surface area (Å²) in [5.41, 5.74) is 4.26. The first-order valence-corrected chi connectivity index (χ1v) is 11.0. The van der Waals surface area contributed by atoms with Crippen molar-refractivity contribution in [1.29, 1.82) is 0 Å². The van der Waals surface area contributed by atoms with Crippen LogP contribution < -0.4 is 5.32 Å². The second kappa shape index (κ2) is 9.20. The van der Waals surface area contributed by atoms with Crippen molar-refractivity contribution in [3.63, 3.8) is 0 Å². The van der Waals surface area contributed by atoms with Gasteiger partial charge in [-0.1, -0.05) is 42.5 Å². The van der Waals surface area contributed by atoms with Gasteiger partial charge in [-0.05, 0) is 43.2 Å². The zero-order valence-electron chi connectivity index (χ0n) is 18.1. The van der Waals surface area contributed by atoms with Gasteiger partial charge in [0.1, 0.15) is 4.88 Å². The molecule has 0 radical (unpaired) electrons. The Labute approximate surface area is 190 Å². The van der Waals surface area contributed by atoms with Crippen LogP contribution in [0, 0.1) is 13.8 Å². The number of nitrogens with zero attached hydrogens (tertiary/aromatic N) is 2. The van der Waals surface area contributed by atoms with E-state index in [0.29, 0.717) is 21.3 Å². The van der Waals surface area contributed by atoms with Crippen LogP contribution in [0.2, 0.25) is 0 Å². The Morgan fingerprint density at radius 2 is 1.81 bits per heavy atom. The van der Waals surface area contributed by atoms with E-state index in [9.17, 15) is 9.59 Å². The predicted molar refractivity (Wildman–Crippen MR) is 127 cm³/mol. The largest absolute Gasteiger partial charge is 0.462 e. The molecule has 2 heterocycles. The Balaban J connectivity index is 1.57. The molecule has 0 bridgehead atoms. The Kier molecular flexibility index (Phi) is 6.18. The summed E-state index contributed by atoms with van der Waals surface area (Å²) in [7, 11) is 1.62. The molecule has 2 aromatic carbocycles. The summed E-state index contributed by atoms with van der Waals surface area (Å²) in [6.07, 6.45) is 1.57. The lowest BCUT2D eigenvalue weighted by molar-refractivity contribution is -0.116. The third-order valence-electron chi connectivity index (χ3n) is 5.21. The first-order chi connectivity index (χ1) is 15.4. The molecule has 0 spiro atoms. The van der Waals surface area contributed by atoms with Gasteiger partial charge in [0.25, 0.3) is 5.91 Å². The number of nitrogens with one attached hydrogen (secondary N) is 1. The maximum absolute atomic E-state index is 13.3. The second-order valence-corrected chi connectivity index (χ2v) is 8.50. The molecule has 1 N–H and O–H groups in total. The van der Waals surface area contributed by atoms with E-state index in [1.807, 2.05) is 68.4 Å². The topological polar surface area (TPSA) is 75.4 Å². The minimum Gasteiger partial charge on any atom is -0.462 e. The van der Waals surface area contributed by atoms with E-state index in [1.54, 1.807) is 19.4 Å². The molecule has 32 heavy (non-hydrogen) atoms. The summed E-state index contributed by atoms with van der Waals surface area (Å²) < 4.78 is 5.47. The van der Waals surface area contributed by atoms with Crippen molar-refractivity contribution in [3.8, 4) is 22.0 Å². The van der Waals surface area contributed by atoms with Gasteiger partial charge in [0.05, 0.1) is 18.5 Å². The Morgan fingerprint density at radius 1 is 1.03 bits per heavy atom. The molecule has 0 fully saturated rings. The van der Waals surface area contributed by atoms with Gasteiger partial charge in [-0.2, -0.15) is 0 Å². The monoisotopic (exact) mass is 445 g/mol. The van der Waals surface area contributed by atoms with Crippen molar-refractivity contribution in [2.75, 3.05) is 18.9 Å². The van der Waals surface area contributed by atoms with Gasteiger partial charge >= 0.3 is 0 Å². The summed E-state index contributed by atoms with van der Waals surface area (Å²) in [5, 5.41) is 3.52. The van der Waals surface area contributed by atoms with Crippen molar-refractivity contribution < 1.29 is 14.0 Å². The first-order valence-electron chi connectivity index (χ1n) is 10.2. The van der Waals surface area contributed by atoms with Gasteiger partial charge in [-0.25, -0.2) is 4.98 Å². The smallest absolute Gasteiger partial charge is 0.266 e.